The van der Waals surface area contributed by atoms with Gasteiger partial charge in [0.1, 0.15) is 17.4 Å². The first kappa shape index (κ1) is 23.4. The minimum atomic E-state index is -0.760. The van der Waals surface area contributed by atoms with Gasteiger partial charge in [-0.05, 0) is 105 Å². The SMILES string of the molecule is C=CCCc1ccc(OC(=O)c2cc(F)c(C3CCC4CC(C=C)CCC4C3)c(F)c2)cc1. The van der Waals surface area contributed by atoms with E-state index < -0.39 is 17.6 Å². The normalized spacial score (nSPS) is 24.5. The molecule has 0 amide bonds. The van der Waals surface area contributed by atoms with Crippen molar-refractivity contribution >= 4 is 5.97 Å². The Bertz CT molecular complexity index is 988. The van der Waals surface area contributed by atoms with Crippen LogP contribution in [0.15, 0.2) is 61.7 Å². The molecular formula is C29H32F2O2. The monoisotopic (exact) mass is 450 g/mol. The minimum absolute atomic E-state index is 0.107. The van der Waals surface area contributed by atoms with E-state index in [2.05, 4.69) is 19.2 Å². The lowest BCUT2D eigenvalue weighted by atomic mass is 9.64. The summed E-state index contributed by atoms with van der Waals surface area (Å²) in [6.45, 7) is 7.64. The topological polar surface area (TPSA) is 26.3 Å². The van der Waals surface area contributed by atoms with Crippen LogP contribution in [-0.2, 0) is 6.42 Å². The van der Waals surface area contributed by atoms with E-state index in [0.717, 1.165) is 69.1 Å². The number of rotatable bonds is 7. The standard InChI is InChI=1S/C29H32F2O2/c1-3-5-6-20-8-13-25(14-9-20)33-29(32)24-17-26(30)28(27(31)18-24)23-12-11-21-15-19(4-2)7-10-22(21)16-23/h3-4,8-9,13-14,17-19,21-23H,1-2,5-7,10-12,15-16H2. The second-order valence-electron chi connectivity index (χ2n) is 9.55. The summed E-state index contributed by atoms with van der Waals surface area (Å²) in [5.41, 5.74) is 1.12. The Kier molecular flexibility index (Phi) is 7.42. The number of ether oxygens (including phenoxy) is 1. The zero-order valence-corrected chi connectivity index (χ0v) is 19.1. The first-order valence-electron chi connectivity index (χ1n) is 12.0. The van der Waals surface area contributed by atoms with E-state index in [1.807, 2.05) is 18.2 Å². The number of hydrogen-bond donors (Lipinski definition) is 0. The molecule has 4 unspecified atom stereocenters. The number of halogens is 2. The van der Waals surface area contributed by atoms with Crippen molar-refractivity contribution in [3.8, 4) is 5.75 Å². The third kappa shape index (κ3) is 5.43. The summed E-state index contributed by atoms with van der Waals surface area (Å²) in [6.07, 6.45) is 11.5. The van der Waals surface area contributed by atoms with E-state index in [-0.39, 0.29) is 17.0 Å². The molecule has 4 heteroatoms. The van der Waals surface area contributed by atoms with Crippen LogP contribution in [-0.4, -0.2) is 5.97 Å². The summed E-state index contributed by atoms with van der Waals surface area (Å²) in [4.78, 5) is 12.5. The Labute approximate surface area is 195 Å². The fourth-order valence-electron chi connectivity index (χ4n) is 5.65. The van der Waals surface area contributed by atoms with Crippen molar-refractivity contribution in [1.82, 2.24) is 0 Å². The van der Waals surface area contributed by atoms with Gasteiger partial charge in [-0.1, -0.05) is 24.3 Å². The van der Waals surface area contributed by atoms with Crippen molar-refractivity contribution < 1.29 is 18.3 Å². The summed E-state index contributed by atoms with van der Waals surface area (Å²) < 4.78 is 35.4. The molecule has 0 aliphatic heterocycles. The first-order valence-corrected chi connectivity index (χ1v) is 12.0. The Morgan fingerprint density at radius 3 is 2.30 bits per heavy atom. The number of esters is 1. The van der Waals surface area contributed by atoms with E-state index in [1.54, 1.807) is 12.1 Å². The summed E-state index contributed by atoms with van der Waals surface area (Å²) in [5, 5.41) is 0. The highest BCUT2D eigenvalue weighted by molar-refractivity contribution is 5.91. The van der Waals surface area contributed by atoms with Gasteiger partial charge in [-0.15, -0.1) is 13.2 Å². The molecule has 2 aliphatic carbocycles. The van der Waals surface area contributed by atoms with E-state index in [1.165, 1.54) is 0 Å². The van der Waals surface area contributed by atoms with Gasteiger partial charge in [0.2, 0.25) is 0 Å². The lowest BCUT2D eigenvalue weighted by Gasteiger charge is -2.41. The molecule has 0 heterocycles. The molecule has 0 radical (unpaired) electrons. The smallest absolute Gasteiger partial charge is 0.343 e. The third-order valence-corrected chi connectivity index (χ3v) is 7.48. The molecule has 0 saturated heterocycles. The molecule has 4 rings (SSSR count). The first-order chi connectivity index (χ1) is 16.0. The van der Waals surface area contributed by atoms with Crippen LogP contribution in [0.25, 0.3) is 0 Å². The molecule has 0 bridgehead atoms. The number of allylic oxidation sites excluding steroid dienone is 2. The van der Waals surface area contributed by atoms with Crippen molar-refractivity contribution in [2.24, 2.45) is 17.8 Å². The van der Waals surface area contributed by atoms with Crippen LogP contribution in [0.5, 0.6) is 5.75 Å². The van der Waals surface area contributed by atoms with Gasteiger partial charge in [0, 0.05) is 5.56 Å². The van der Waals surface area contributed by atoms with Crippen LogP contribution in [0.4, 0.5) is 8.78 Å². The van der Waals surface area contributed by atoms with Crippen LogP contribution < -0.4 is 4.74 Å². The number of hydrogen-bond acceptors (Lipinski definition) is 2. The van der Waals surface area contributed by atoms with Crippen molar-refractivity contribution in [1.29, 1.82) is 0 Å². The molecule has 2 saturated carbocycles. The largest absolute Gasteiger partial charge is 0.423 e. The van der Waals surface area contributed by atoms with Gasteiger partial charge in [-0.3, -0.25) is 0 Å². The molecule has 174 valence electrons. The van der Waals surface area contributed by atoms with Crippen molar-refractivity contribution in [3.63, 3.8) is 0 Å². The average molecular weight is 451 g/mol. The van der Waals surface area contributed by atoms with Crippen LogP contribution in [0.2, 0.25) is 0 Å². The van der Waals surface area contributed by atoms with E-state index in [4.69, 9.17) is 4.74 Å². The maximum atomic E-state index is 15.0. The highest BCUT2D eigenvalue weighted by Gasteiger charge is 2.37. The Hall–Kier alpha value is -2.75. The lowest BCUT2D eigenvalue weighted by molar-refractivity contribution is 0.0733. The fourth-order valence-corrected chi connectivity index (χ4v) is 5.65. The van der Waals surface area contributed by atoms with Gasteiger partial charge >= 0.3 is 5.97 Å². The van der Waals surface area contributed by atoms with Crippen molar-refractivity contribution in [2.75, 3.05) is 0 Å². The number of carbonyl (C=O) groups is 1. The number of fused-ring (bicyclic) bond motifs is 1. The molecule has 2 aliphatic rings. The molecule has 2 aromatic rings. The van der Waals surface area contributed by atoms with Gasteiger partial charge in [0.05, 0.1) is 5.56 Å². The summed E-state index contributed by atoms with van der Waals surface area (Å²) >= 11 is 0. The van der Waals surface area contributed by atoms with Gasteiger partial charge in [0.15, 0.2) is 0 Å². The van der Waals surface area contributed by atoms with Crippen molar-refractivity contribution in [3.05, 3.63) is 90.0 Å². The number of benzene rings is 2. The van der Waals surface area contributed by atoms with E-state index in [9.17, 15) is 4.79 Å². The second-order valence-corrected chi connectivity index (χ2v) is 9.55. The highest BCUT2D eigenvalue weighted by Crippen LogP contribution is 2.48. The molecule has 0 spiro atoms. The highest BCUT2D eigenvalue weighted by atomic mass is 19.1. The molecule has 4 atom stereocenters. The molecule has 0 N–H and O–H groups in total. The molecule has 0 aromatic heterocycles. The lowest BCUT2D eigenvalue weighted by Crippen LogP contribution is -2.30. The van der Waals surface area contributed by atoms with Gasteiger partial charge in [0.25, 0.3) is 0 Å². The predicted molar refractivity (Wildman–Crippen MR) is 127 cm³/mol. The predicted octanol–water partition coefficient (Wildman–Crippen LogP) is 7.79. The van der Waals surface area contributed by atoms with Gasteiger partial charge < -0.3 is 4.74 Å². The molecule has 2 aromatic carbocycles. The molecule has 33 heavy (non-hydrogen) atoms. The zero-order chi connectivity index (χ0) is 23.4. The van der Waals surface area contributed by atoms with Crippen LogP contribution in [0.1, 0.15) is 72.3 Å². The summed E-state index contributed by atoms with van der Waals surface area (Å²) in [6, 6.07) is 9.37. The maximum absolute atomic E-state index is 15.0. The Morgan fingerprint density at radius 1 is 0.970 bits per heavy atom. The van der Waals surface area contributed by atoms with Crippen LogP contribution in [0.3, 0.4) is 0 Å². The Morgan fingerprint density at radius 2 is 1.64 bits per heavy atom. The van der Waals surface area contributed by atoms with E-state index in [0.29, 0.717) is 23.5 Å². The minimum Gasteiger partial charge on any atom is -0.423 e. The average Bonchev–Trinajstić information content (AvgIpc) is 2.82. The molecular weight excluding hydrogens is 418 g/mol. The van der Waals surface area contributed by atoms with Gasteiger partial charge in [-0.2, -0.15) is 0 Å². The quantitative estimate of drug-likeness (QED) is 0.244. The molecule has 2 fully saturated rings. The van der Waals surface area contributed by atoms with Crippen molar-refractivity contribution in [2.45, 2.75) is 57.3 Å². The van der Waals surface area contributed by atoms with Gasteiger partial charge in [-0.25, -0.2) is 13.6 Å². The maximum Gasteiger partial charge on any atom is 0.343 e. The molecule has 2 nitrogen and oxygen atoms in total. The van der Waals surface area contributed by atoms with Crippen LogP contribution >= 0.6 is 0 Å². The third-order valence-electron chi connectivity index (χ3n) is 7.48. The van der Waals surface area contributed by atoms with Crippen LogP contribution in [0, 0.1) is 29.4 Å². The Balaban J connectivity index is 1.43. The second kappa shape index (κ2) is 10.5. The number of aryl methyl sites for hydroxylation is 1. The van der Waals surface area contributed by atoms with E-state index >= 15 is 8.78 Å². The fraction of sp³-hybridized carbons (Fsp3) is 0.414. The zero-order valence-electron chi connectivity index (χ0n) is 19.1. The summed E-state index contributed by atoms with van der Waals surface area (Å²) in [7, 11) is 0. The summed E-state index contributed by atoms with van der Waals surface area (Å²) in [5.74, 6) is -0.135. The number of carbonyl (C=O) groups excluding carboxylic acids is 1.